The molecule has 26 heavy (non-hydrogen) atoms. The highest BCUT2D eigenvalue weighted by atomic mass is 16.7. The Labute approximate surface area is 155 Å². The second-order valence-electron chi connectivity index (χ2n) is 9.64. The van der Waals surface area contributed by atoms with Crippen LogP contribution in [0.3, 0.4) is 0 Å². The van der Waals surface area contributed by atoms with Gasteiger partial charge in [-0.25, -0.2) is 0 Å². The molecule has 0 N–H and O–H groups in total. The van der Waals surface area contributed by atoms with Crippen LogP contribution in [0.15, 0.2) is 24.3 Å². The van der Waals surface area contributed by atoms with Gasteiger partial charge in [0.1, 0.15) is 0 Å². The van der Waals surface area contributed by atoms with Crippen molar-refractivity contribution in [3.05, 3.63) is 24.3 Å². The van der Waals surface area contributed by atoms with Crippen molar-refractivity contribution in [1.29, 1.82) is 0 Å². The van der Waals surface area contributed by atoms with E-state index in [9.17, 15) is 9.59 Å². The molecule has 0 amide bonds. The zero-order valence-corrected chi connectivity index (χ0v) is 15.8. The van der Waals surface area contributed by atoms with Crippen molar-refractivity contribution in [2.75, 3.05) is 13.7 Å². The van der Waals surface area contributed by atoms with Gasteiger partial charge in [-0.3, -0.25) is 9.59 Å². The highest BCUT2D eigenvalue weighted by Gasteiger charge is 2.76. The molecule has 4 nitrogen and oxygen atoms in total. The molecule has 5 saturated carbocycles. The number of Topliss-reactive ketones (excluding diaryl/α,β-unsaturated/α-hetero) is 2. The summed E-state index contributed by atoms with van der Waals surface area (Å²) in [4.78, 5) is 27.0. The second-order valence-corrected chi connectivity index (χ2v) is 9.64. The molecule has 6 fully saturated rings. The van der Waals surface area contributed by atoms with Crippen molar-refractivity contribution in [3.8, 4) is 0 Å². The van der Waals surface area contributed by atoms with E-state index in [2.05, 4.69) is 20.1 Å². The predicted molar refractivity (Wildman–Crippen MR) is 96.2 cm³/mol. The van der Waals surface area contributed by atoms with Crippen LogP contribution in [0.4, 0.5) is 0 Å². The fourth-order valence-electron chi connectivity index (χ4n) is 7.85. The fraction of sp³-hybridized carbons (Fsp3) is 0.727. The molecular weight excluding hydrogens is 328 g/mol. The maximum Gasteiger partial charge on any atom is 0.172 e. The first-order valence-corrected chi connectivity index (χ1v) is 9.94. The average molecular weight is 356 g/mol. The Hall–Kier alpha value is -1.26. The third-order valence-electron chi connectivity index (χ3n) is 8.70. The van der Waals surface area contributed by atoms with Gasteiger partial charge in [0.05, 0.1) is 12.0 Å². The van der Waals surface area contributed by atoms with Crippen molar-refractivity contribution in [3.63, 3.8) is 0 Å². The molecule has 0 aromatic heterocycles. The lowest BCUT2D eigenvalue weighted by molar-refractivity contribution is -0.319. The number of rotatable bonds is 1. The fourth-order valence-corrected chi connectivity index (χ4v) is 7.85. The monoisotopic (exact) mass is 356 g/mol. The largest absolute Gasteiger partial charge is 0.355 e. The number of carbonyl (C=O) groups is 2. The van der Waals surface area contributed by atoms with Gasteiger partial charge in [-0.2, -0.15) is 0 Å². The van der Waals surface area contributed by atoms with Crippen LogP contribution in [0.1, 0.15) is 45.4 Å². The third kappa shape index (κ3) is 1.57. The van der Waals surface area contributed by atoms with E-state index in [1.807, 2.05) is 0 Å². The summed E-state index contributed by atoms with van der Waals surface area (Å²) in [5.74, 6) is 0.218. The van der Waals surface area contributed by atoms with Gasteiger partial charge in [0, 0.05) is 18.4 Å². The summed E-state index contributed by atoms with van der Waals surface area (Å²) in [6, 6.07) is 0. The van der Waals surface area contributed by atoms with E-state index in [1.54, 1.807) is 7.11 Å². The normalized spacial score (nSPS) is 52.7. The van der Waals surface area contributed by atoms with Crippen LogP contribution in [0.25, 0.3) is 0 Å². The molecule has 4 heteroatoms. The molecule has 0 radical (unpaired) electrons. The van der Waals surface area contributed by atoms with E-state index in [-0.39, 0.29) is 46.4 Å². The van der Waals surface area contributed by atoms with E-state index >= 15 is 0 Å². The minimum absolute atomic E-state index is 0.00250. The Morgan fingerprint density at radius 2 is 1.85 bits per heavy atom. The molecule has 6 aliphatic rings. The van der Waals surface area contributed by atoms with Crippen LogP contribution in [0.5, 0.6) is 0 Å². The highest BCUT2D eigenvalue weighted by molar-refractivity contribution is 6.21. The van der Waals surface area contributed by atoms with Crippen LogP contribution in [-0.2, 0) is 19.1 Å². The van der Waals surface area contributed by atoms with Gasteiger partial charge in [-0.15, -0.1) is 0 Å². The van der Waals surface area contributed by atoms with E-state index in [0.29, 0.717) is 24.2 Å². The second kappa shape index (κ2) is 4.96. The number of ether oxygens (including phenoxy) is 2. The third-order valence-corrected chi connectivity index (χ3v) is 8.70. The maximum absolute atomic E-state index is 13.7. The summed E-state index contributed by atoms with van der Waals surface area (Å²) in [5.41, 5.74) is -0.0730. The first-order chi connectivity index (χ1) is 12.3. The molecule has 1 spiro atoms. The van der Waals surface area contributed by atoms with Crippen molar-refractivity contribution in [1.82, 2.24) is 0 Å². The molecule has 0 aromatic rings. The summed E-state index contributed by atoms with van der Waals surface area (Å²) in [5, 5.41) is 0. The van der Waals surface area contributed by atoms with Crippen LogP contribution >= 0.6 is 0 Å². The summed E-state index contributed by atoms with van der Waals surface area (Å²) in [7, 11) is 1.70. The predicted octanol–water partition coefficient (Wildman–Crippen LogP) is 3.46. The van der Waals surface area contributed by atoms with E-state index in [1.165, 1.54) is 0 Å². The van der Waals surface area contributed by atoms with Crippen LogP contribution < -0.4 is 0 Å². The standard InChI is InChI=1S/C22H28O4/c1-12-14-6-9-22(17(12)23)15(10-14)21-8-5-7-20(3,11-26-19(21)25-4)16(21)13(2)18(22)24/h14-16,19H,1-2,5-11H2,3-4H3/t14-,15?,16?,19?,20-,21?,22-/m0/s1. The van der Waals surface area contributed by atoms with Gasteiger partial charge < -0.3 is 9.47 Å². The summed E-state index contributed by atoms with van der Waals surface area (Å²) < 4.78 is 12.1. The first kappa shape index (κ1) is 16.9. The lowest BCUT2D eigenvalue weighted by atomic mass is 9.34. The topological polar surface area (TPSA) is 52.6 Å². The SMILES string of the molecule is C=C1C(=O)[C@@]23CC[C@@H](CC2C24CCC[C@@](C)(COC2OC)C14)C(=C)C3=O. The summed E-state index contributed by atoms with van der Waals surface area (Å²) in [6.45, 7) is 11.2. The number of hydrogen-bond donors (Lipinski definition) is 0. The molecule has 1 heterocycles. The summed E-state index contributed by atoms with van der Waals surface area (Å²) in [6.07, 6.45) is 5.08. The van der Waals surface area contributed by atoms with Gasteiger partial charge in [-0.1, -0.05) is 26.5 Å². The minimum Gasteiger partial charge on any atom is -0.355 e. The molecule has 4 unspecified atom stereocenters. The van der Waals surface area contributed by atoms with Crippen LogP contribution in [0.2, 0.25) is 0 Å². The lowest BCUT2D eigenvalue weighted by Crippen LogP contribution is -2.73. The van der Waals surface area contributed by atoms with Gasteiger partial charge in [0.25, 0.3) is 0 Å². The van der Waals surface area contributed by atoms with Gasteiger partial charge in [0.15, 0.2) is 17.9 Å². The molecule has 7 atom stereocenters. The van der Waals surface area contributed by atoms with Crippen molar-refractivity contribution >= 4 is 11.6 Å². The maximum atomic E-state index is 13.7. The zero-order chi connectivity index (χ0) is 18.5. The quantitative estimate of drug-likeness (QED) is 0.533. The van der Waals surface area contributed by atoms with E-state index in [4.69, 9.17) is 9.47 Å². The number of allylic oxidation sites excluding steroid dienone is 2. The number of carbonyl (C=O) groups excluding carboxylic acids is 2. The molecule has 4 bridgehead atoms. The molecule has 6 rings (SSSR count). The van der Waals surface area contributed by atoms with Crippen molar-refractivity contribution < 1.29 is 19.1 Å². The Morgan fingerprint density at radius 1 is 1.12 bits per heavy atom. The zero-order valence-electron chi connectivity index (χ0n) is 15.8. The van der Waals surface area contributed by atoms with Crippen LogP contribution in [-0.4, -0.2) is 31.6 Å². The van der Waals surface area contributed by atoms with E-state index < -0.39 is 5.41 Å². The number of ketones is 2. The van der Waals surface area contributed by atoms with Gasteiger partial charge in [0.2, 0.25) is 0 Å². The number of methoxy groups -OCH3 is 1. The Morgan fingerprint density at radius 3 is 2.58 bits per heavy atom. The van der Waals surface area contributed by atoms with Gasteiger partial charge >= 0.3 is 0 Å². The molecule has 0 aromatic carbocycles. The molecule has 1 aliphatic heterocycles. The number of hydrogen-bond acceptors (Lipinski definition) is 4. The van der Waals surface area contributed by atoms with Crippen molar-refractivity contribution in [2.45, 2.75) is 51.7 Å². The van der Waals surface area contributed by atoms with Gasteiger partial charge in [-0.05, 0) is 60.5 Å². The molecular formula is C22H28O4. The smallest absolute Gasteiger partial charge is 0.172 e. The molecule has 1 saturated heterocycles. The Kier molecular flexibility index (Phi) is 3.22. The summed E-state index contributed by atoms with van der Waals surface area (Å²) >= 11 is 0. The molecule has 5 aliphatic carbocycles. The first-order valence-electron chi connectivity index (χ1n) is 9.94. The highest BCUT2D eigenvalue weighted by Crippen LogP contribution is 2.73. The minimum atomic E-state index is -0.963. The Balaban J connectivity index is 1.77. The molecule has 140 valence electrons. The lowest BCUT2D eigenvalue weighted by Gasteiger charge is -2.70. The Bertz CT molecular complexity index is 753. The number of fused-ring (bicyclic) bond motifs is 2. The van der Waals surface area contributed by atoms with Crippen LogP contribution in [0, 0.1) is 34.0 Å². The van der Waals surface area contributed by atoms with Crippen molar-refractivity contribution in [2.24, 2.45) is 34.0 Å². The van der Waals surface area contributed by atoms with E-state index in [0.717, 1.165) is 32.1 Å². The average Bonchev–Trinajstić information content (AvgIpc) is 2.63.